The highest BCUT2D eigenvalue weighted by Gasteiger charge is 2.35. The molecule has 10 nitrogen and oxygen atoms in total. The molecule has 0 bridgehead atoms. The number of hydrogen-bond donors (Lipinski definition) is 2. The topological polar surface area (TPSA) is 131 Å². The molecule has 10 heteroatoms. The lowest BCUT2D eigenvalue weighted by molar-refractivity contribution is -0.147. The molecule has 2 N–H and O–H groups in total. The SMILES string of the molecule is CCOC(=O)/C=C/COC(=O)[C@H](C)NC(=O)[C@@H]1CCCN1C(=O)CNC(=O)C(C)(C)C. The van der Waals surface area contributed by atoms with Crippen molar-refractivity contribution < 1.29 is 33.4 Å². The van der Waals surface area contributed by atoms with E-state index in [0.29, 0.717) is 19.4 Å². The van der Waals surface area contributed by atoms with Crippen LogP contribution in [0.3, 0.4) is 0 Å². The quantitative estimate of drug-likeness (QED) is 0.390. The summed E-state index contributed by atoms with van der Waals surface area (Å²) >= 11 is 0. The zero-order valence-corrected chi connectivity index (χ0v) is 18.9. The highest BCUT2D eigenvalue weighted by molar-refractivity contribution is 5.93. The molecule has 0 saturated carbocycles. The lowest BCUT2D eigenvalue weighted by atomic mass is 9.96. The van der Waals surface area contributed by atoms with Crippen molar-refractivity contribution in [3.8, 4) is 0 Å². The molecule has 0 aliphatic carbocycles. The minimum Gasteiger partial charge on any atom is -0.463 e. The average molecular weight is 440 g/mol. The number of likely N-dealkylation sites (tertiary alicyclic amines) is 1. The van der Waals surface area contributed by atoms with Gasteiger partial charge in [-0.15, -0.1) is 0 Å². The van der Waals surface area contributed by atoms with Crippen molar-refractivity contribution in [3.63, 3.8) is 0 Å². The standard InChI is InChI=1S/C21H33N3O7/c1-6-30-17(26)10-8-12-31-19(28)14(2)23-18(27)15-9-7-11-24(15)16(25)13-22-20(29)21(3,4)5/h8,10,14-15H,6-7,9,11-13H2,1-5H3,(H,22,29)(H,23,27)/b10-8+/t14-,15-/m0/s1. The molecule has 2 atom stereocenters. The largest absolute Gasteiger partial charge is 0.463 e. The molecule has 0 spiro atoms. The Labute approximate surface area is 182 Å². The smallest absolute Gasteiger partial charge is 0.330 e. The van der Waals surface area contributed by atoms with Crippen LogP contribution in [0.25, 0.3) is 0 Å². The zero-order valence-electron chi connectivity index (χ0n) is 18.9. The Morgan fingerprint density at radius 2 is 1.84 bits per heavy atom. The predicted molar refractivity (Wildman–Crippen MR) is 112 cm³/mol. The van der Waals surface area contributed by atoms with Gasteiger partial charge in [0.25, 0.3) is 0 Å². The summed E-state index contributed by atoms with van der Waals surface area (Å²) < 4.78 is 9.69. The van der Waals surface area contributed by atoms with Gasteiger partial charge in [-0.3, -0.25) is 14.4 Å². The molecular weight excluding hydrogens is 406 g/mol. The third-order valence-electron chi connectivity index (χ3n) is 4.53. The van der Waals surface area contributed by atoms with Crippen LogP contribution in [0.1, 0.15) is 47.5 Å². The normalized spacial score (nSPS) is 17.2. The summed E-state index contributed by atoms with van der Waals surface area (Å²) in [6, 6.07) is -1.64. The first-order valence-electron chi connectivity index (χ1n) is 10.4. The van der Waals surface area contributed by atoms with E-state index in [0.717, 1.165) is 6.08 Å². The Bertz CT molecular complexity index is 712. The second kappa shape index (κ2) is 12.1. The molecule has 1 aliphatic rings. The molecule has 174 valence electrons. The van der Waals surface area contributed by atoms with Gasteiger partial charge in [-0.1, -0.05) is 20.8 Å². The van der Waals surface area contributed by atoms with Crippen LogP contribution in [0.15, 0.2) is 12.2 Å². The minimum atomic E-state index is -0.929. The second-order valence-corrected chi connectivity index (χ2v) is 8.19. The molecule has 0 radical (unpaired) electrons. The third kappa shape index (κ3) is 8.77. The van der Waals surface area contributed by atoms with Gasteiger partial charge in [0.05, 0.1) is 13.2 Å². The number of nitrogens with zero attached hydrogens (tertiary/aromatic N) is 1. The summed E-state index contributed by atoms with van der Waals surface area (Å²) in [5.41, 5.74) is -0.622. The lowest BCUT2D eigenvalue weighted by Crippen LogP contribution is -2.52. The number of ether oxygens (including phenoxy) is 2. The van der Waals surface area contributed by atoms with Crippen molar-refractivity contribution in [2.24, 2.45) is 5.41 Å². The van der Waals surface area contributed by atoms with E-state index in [-0.39, 0.29) is 31.6 Å². The predicted octanol–water partition coefficient (Wildman–Crippen LogP) is 0.307. The molecule has 1 rings (SSSR count). The van der Waals surface area contributed by atoms with Gasteiger partial charge >= 0.3 is 11.9 Å². The van der Waals surface area contributed by atoms with E-state index in [2.05, 4.69) is 10.6 Å². The molecule has 0 unspecified atom stereocenters. The third-order valence-corrected chi connectivity index (χ3v) is 4.53. The van der Waals surface area contributed by atoms with Crippen molar-refractivity contribution in [3.05, 3.63) is 12.2 Å². The molecule has 0 aromatic heterocycles. The van der Waals surface area contributed by atoms with Gasteiger partial charge in [-0.05, 0) is 32.8 Å². The maximum Gasteiger partial charge on any atom is 0.330 e. The Morgan fingerprint density at radius 3 is 2.45 bits per heavy atom. The fourth-order valence-electron chi connectivity index (χ4n) is 2.82. The van der Waals surface area contributed by atoms with Crippen molar-refractivity contribution in [2.75, 3.05) is 26.3 Å². The summed E-state index contributed by atoms with van der Waals surface area (Å²) in [5, 5.41) is 5.14. The molecule has 1 aliphatic heterocycles. The highest BCUT2D eigenvalue weighted by Crippen LogP contribution is 2.18. The second-order valence-electron chi connectivity index (χ2n) is 8.19. The molecule has 1 heterocycles. The summed E-state index contributed by atoms with van der Waals surface area (Å²) in [6.45, 7) is 8.69. The Hall–Kier alpha value is -2.91. The van der Waals surface area contributed by atoms with Crippen LogP contribution in [0.2, 0.25) is 0 Å². The van der Waals surface area contributed by atoms with Crippen molar-refractivity contribution >= 4 is 29.7 Å². The van der Waals surface area contributed by atoms with E-state index in [1.807, 2.05) is 0 Å². The fraction of sp³-hybridized carbons (Fsp3) is 0.667. The number of carbonyl (C=O) groups excluding carboxylic acids is 5. The Balaban J connectivity index is 2.51. The van der Waals surface area contributed by atoms with Crippen LogP contribution in [-0.2, 0) is 33.4 Å². The number of esters is 2. The maximum atomic E-state index is 12.6. The molecule has 1 saturated heterocycles. The van der Waals surface area contributed by atoms with Crippen molar-refractivity contribution in [1.29, 1.82) is 0 Å². The molecular formula is C21H33N3O7. The van der Waals surface area contributed by atoms with E-state index >= 15 is 0 Å². The first-order valence-corrected chi connectivity index (χ1v) is 10.4. The maximum absolute atomic E-state index is 12.6. The van der Waals surface area contributed by atoms with Crippen LogP contribution < -0.4 is 10.6 Å². The van der Waals surface area contributed by atoms with Gasteiger partial charge < -0.3 is 25.0 Å². The van der Waals surface area contributed by atoms with E-state index in [9.17, 15) is 24.0 Å². The van der Waals surface area contributed by atoms with Gasteiger partial charge in [0.15, 0.2) is 0 Å². The zero-order chi connectivity index (χ0) is 23.6. The number of amides is 3. The molecule has 1 fully saturated rings. The monoisotopic (exact) mass is 439 g/mol. The van der Waals surface area contributed by atoms with E-state index in [4.69, 9.17) is 9.47 Å². The summed E-state index contributed by atoms with van der Waals surface area (Å²) in [6.07, 6.45) is 3.61. The van der Waals surface area contributed by atoms with Gasteiger partial charge in [-0.2, -0.15) is 0 Å². The number of hydrogen-bond acceptors (Lipinski definition) is 7. The average Bonchev–Trinajstić information content (AvgIpc) is 3.18. The number of rotatable bonds is 9. The molecule has 0 aromatic rings. The molecule has 31 heavy (non-hydrogen) atoms. The van der Waals surface area contributed by atoms with Gasteiger partial charge in [0.1, 0.15) is 18.7 Å². The molecule has 0 aromatic carbocycles. The van der Waals surface area contributed by atoms with Gasteiger partial charge in [0, 0.05) is 18.0 Å². The Kier molecular flexibility index (Phi) is 10.2. The minimum absolute atomic E-state index is 0.140. The first kappa shape index (κ1) is 26.1. The van der Waals surface area contributed by atoms with E-state index in [1.165, 1.54) is 17.9 Å². The highest BCUT2D eigenvalue weighted by atomic mass is 16.5. The number of carbonyl (C=O) groups is 5. The number of nitrogens with one attached hydrogen (secondary N) is 2. The summed E-state index contributed by atoms with van der Waals surface area (Å²) in [5.74, 6) is -2.27. The lowest BCUT2D eigenvalue weighted by Gasteiger charge is -2.26. The summed E-state index contributed by atoms with van der Waals surface area (Å²) in [7, 11) is 0. The Morgan fingerprint density at radius 1 is 1.16 bits per heavy atom. The van der Waals surface area contributed by atoms with E-state index in [1.54, 1.807) is 27.7 Å². The summed E-state index contributed by atoms with van der Waals surface area (Å²) in [4.78, 5) is 61.6. The van der Waals surface area contributed by atoms with Crippen LogP contribution in [-0.4, -0.2) is 72.9 Å². The van der Waals surface area contributed by atoms with Gasteiger partial charge in [0.2, 0.25) is 17.7 Å². The van der Waals surface area contributed by atoms with Crippen LogP contribution >= 0.6 is 0 Å². The molecule has 3 amide bonds. The first-order chi connectivity index (χ1) is 14.5. The van der Waals surface area contributed by atoms with E-state index < -0.39 is 35.3 Å². The fourth-order valence-corrected chi connectivity index (χ4v) is 2.82. The van der Waals surface area contributed by atoms with Crippen molar-refractivity contribution in [1.82, 2.24) is 15.5 Å². The van der Waals surface area contributed by atoms with Crippen LogP contribution in [0.4, 0.5) is 0 Å². The van der Waals surface area contributed by atoms with Crippen LogP contribution in [0.5, 0.6) is 0 Å². The van der Waals surface area contributed by atoms with Gasteiger partial charge in [-0.25, -0.2) is 9.59 Å². The van der Waals surface area contributed by atoms with Crippen molar-refractivity contribution in [2.45, 2.75) is 59.5 Å². The van der Waals surface area contributed by atoms with Crippen LogP contribution in [0, 0.1) is 5.41 Å².